The summed E-state index contributed by atoms with van der Waals surface area (Å²) in [6.07, 6.45) is 4.09. The molecular weight excluding hydrogens is 326 g/mol. The molecule has 0 atom stereocenters. The molecule has 1 N–H and O–H groups in total. The van der Waals surface area contributed by atoms with Gasteiger partial charge in [0.2, 0.25) is 0 Å². The minimum absolute atomic E-state index is 0.0898. The van der Waals surface area contributed by atoms with Crippen molar-refractivity contribution in [3.8, 4) is 0 Å². The van der Waals surface area contributed by atoms with Crippen LogP contribution in [0.4, 0.5) is 5.82 Å². The van der Waals surface area contributed by atoms with Crippen molar-refractivity contribution in [2.24, 2.45) is 5.92 Å². The molecule has 5 heteroatoms. The predicted molar refractivity (Wildman–Crippen MR) is 101 cm³/mol. The van der Waals surface area contributed by atoms with E-state index in [9.17, 15) is 4.79 Å². The fourth-order valence-electron chi connectivity index (χ4n) is 3.56. The zero-order chi connectivity index (χ0) is 17.9. The molecule has 3 heterocycles. The SMILES string of the molecule is CC1CCN(c2ccc(C(=O)NCc3ccc4c(c3)COC4)cn2)CC1. The molecule has 2 aromatic rings. The van der Waals surface area contributed by atoms with Gasteiger partial charge in [-0.15, -0.1) is 0 Å². The van der Waals surface area contributed by atoms with Crippen molar-refractivity contribution >= 4 is 11.7 Å². The molecule has 0 bridgehead atoms. The van der Waals surface area contributed by atoms with Crippen LogP contribution in [0.2, 0.25) is 0 Å². The summed E-state index contributed by atoms with van der Waals surface area (Å²) < 4.78 is 5.43. The molecule has 2 aliphatic rings. The number of nitrogens with one attached hydrogen (secondary N) is 1. The van der Waals surface area contributed by atoms with Crippen LogP contribution in [0.15, 0.2) is 36.5 Å². The van der Waals surface area contributed by atoms with E-state index in [0.717, 1.165) is 30.4 Å². The number of pyridine rings is 1. The van der Waals surface area contributed by atoms with Crippen LogP contribution in [-0.2, 0) is 24.5 Å². The molecule has 1 amide bonds. The number of nitrogens with zero attached hydrogens (tertiary/aromatic N) is 2. The average Bonchev–Trinajstić information content (AvgIpc) is 3.15. The molecule has 0 unspecified atom stereocenters. The van der Waals surface area contributed by atoms with E-state index < -0.39 is 0 Å². The normalized spacial score (nSPS) is 17.2. The van der Waals surface area contributed by atoms with Crippen molar-refractivity contribution in [1.82, 2.24) is 10.3 Å². The van der Waals surface area contributed by atoms with Crippen LogP contribution >= 0.6 is 0 Å². The van der Waals surface area contributed by atoms with Gasteiger partial charge in [-0.05, 0) is 47.6 Å². The first-order valence-corrected chi connectivity index (χ1v) is 9.36. The van der Waals surface area contributed by atoms with Crippen LogP contribution in [0.1, 0.15) is 46.8 Å². The predicted octanol–water partition coefficient (Wildman–Crippen LogP) is 3.28. The Kier molecular flexibility index (Phi) is 4.89. The number of hydrogen-bond donors (Lipinski definition) is 1. The molecule has 1 saturated heterocycles. The second kappa shape index (κ2) is 7.46. The minimum Gasteiger partial charge on any atom is -0.372 e. The first-order valence-electron chi connectivity index (χ1n) is 9.36. The maximum Gasteiger partial charge on any atom is 0.253 e. The van der Waals surface area contributed by atoms with Crippen molar-refractivity contribution in [3.05, 3.63) is 58.8 Å². The van der Waals surface area contributed by atoms with Gasteiger partial charge >= 0.3 is 0 Å². The van der Waals surface area contributed by atoms with Crippen LogP contribution in [0.5, 0.6) is 0 Å². The van der Waals surface area contributed by atoms with Gasteiger partial charge in [-0.25, -0.2) is 4.98 Å². The number of ether oxygens (including phenoxy) is 1. The van der Waals surface area contributed by atoms with Crippen LogP contribution in [0, 0.1) is 5.92 Å². The van der Waals surface area contributed by atoms with Gasteiger partial charge in [0.1, 0.15) is 5.82 Å². The molecule has 1 aromatic carbocycles. The van der Waals surface area contributed by atoms with Crippen molar-refractivity contribution in [2.75, 3.05) is 18.0 Å². The van der Waals surface area contributed by atoms with Crippen LogP contribution in [-0.4, -0.2) is 24.0 Å². The maximum atomic E-state index is 12.4. The van der Waals surface area contributed by atoms with E-state index in [0.29, 0.717) is 25.3 Å². The number of fused-ring (bicyclic) bond motifs is 1. The van der Waals surface area contributed by atoms with Crippen molar-refractivity contribution in [2.45, 2.75) is 39.5 Å². The highest BCUT2D eigenvalue weighted by Crippen LogP contribution is 2.22. The maximum absolute atomic E-state index is 12.4. The molecule has 2 aliphatic heterocycles. The molecule has 5 nitrogen and oxygen atoms in total. The van der Waals surface area contributed by atoms with E-state index >= 15 is 0 Å². The molecule has 0 spiro atoms. The second-order valence-electron chi connectivity index (χ2n) is 7.35. The van der Waals surface area contributed by atoms with Gasteiger partial charge in [0, 0.05) is 25.8 Å². The van der Waals surface area contributed by atoms with E-state index in [4.69, 9.17) is 4.74 Å². The number of amides is 1. The molecule has 0 aliphatic carbocycles. The summed E-state index contributed by atoms with van der Waals surface area (Å²) in [6.45, 7) is 6.25. The lowest BCUT2D eigenvalue weighted by molar-refractivity contribution is 0.0950. The molecule has 1 aromatic heterocycles. The quantitative estimate of drug-likeness (QED) is 0.918. The first-order chi connectivity index (χ1) is 12.7. The van der Waals surface area contributed by atoms with E-state index in [1.807, 2.05) is 18.2 Å². The van der Waals surface area contributed by atoms with Crippen LogP contribution in [0.3, 0.4) is 0 Å². The third-order valence-electron chi connectivity index (χ3n) is 5.36. The Morgan fingerprint density at radius 3 is 2.77 bits per heavy atom. The summed E-state index contributed by atoms with van der Waals surface area (Å²) in [5.74, 6) is 1.67. The van der Waals surface area contributed by atoms with E-state index in [2.05, 4.69) is 34.3 Å². The number of anilines is 1. The molecule has 4 rings (SSSR count). The van der Waals surface area contributed by atoms with Gasteiger partial charge in [0.05, 0.1) is 18.8 Å². The highest BCUT2D eigenvalue weighted by atomic mass is 16.5. The first kappa shape index (κ1) is 17.0. The number of benzene rings is 1. The van der Waals surface area contributed by atoms with E-state index in [-0.39, 0.29) is 5.91 Å². The zero-order valence-electron chi connectivity index (χ0n) is 15.2. The number of hydrogen-bond acceptors (Lipinski definition) is 4. The largest absolute Gasteiger partial charge is 0.372 e. The Hall–Kier alpha value is -2.40. The van der Waals surface area contributed by atoms with Gasteiger partial charge < -0.3 is 15.0 Å². The summed E-state index contributed by atoms with van der Waals surface area (Å²) in [4.78, 5) is 19.2. The zero-order valence-corrected chi connectivity index (χ0v) is 15.2. The highest BCUT2D eigenvalue weighted by Gasteiger charge is 2.17. The van der Waals surface area contributed by atoms with Gasteiger partial charge in [0.25, 0.3) is 5.91 Å². The summed E-state index contributed by atoms with van der Waals surface area (Å²) in [7, 11) is 0. The average molecular weight is 351 g/mol. The monoisotopic (exact) mass is 351 g/mol. The number of aromatic nitrogens is 1. The standard InChI is InChI=1S/C21H25N3O2/c1-15-6-8-24(9-7-15)20-5-4-17(12-22-20)21(25)23-11-16-2-3-18-13-26-14-19(18)10-16/h2-5,10,12,15H,6-9,11,13-14H2,1H3,(H,23,25). The van der Waals surface area contributed by atoms with Crippen LogP contribution < -0.4 is 10.2 Å². The molecule has 26 heavy (non-hydrogen) atoms. The Balaban J connectivity index is 1.34. The summed E-state index contributed by atoms with van der Waals surface area (Å²) in [5, 5.41) is 2.98. The fraction of sp³-hybridized carbons (Fsp3) is 0.429. The number of rotatable bonds is 4. The van der Waals surface area contributed by atoms with Gasteiger partial charge in [-0.3, -0.25) is 4.79 Å². The molecule has 0 radical (unpaired) electrons. The Morgan fingerprint density at radius 1 is 1.19 bits per heavy atom. The molecule has 1 fully saturated rings. The Bertz CT molecular complexity index is 780. The number of carbonyl (C=O) groups excluding carboxylic acids is 1. The smallest absolute Gasteiger partial charge is 0.253 e. The number of carbonyl (C=O) groups is 1. The van der Waals surface area contributed by atoms with E-state index in [1.165, 1.54) is 24.0 Å². The van der Waals surface area contributed by atoms with Crippen LogP contribution in [0.25, 0.3) is 0 Å². The number of piperidine rings is 1. The lowest BCUT2D eigenvalue weighted by Gasteiger charge is -2.31. The van der Waals surface area contributed by atoms with Crippen molar-refractivity contribution in [1.29, 1.82) is 0 Å². The second-order valence-corrected chi connectivity index (χ2v) is 7.35. The van der Waals surface area contributed by atoms with Crippen molar-refractivity contribution in [3.63, 3.8) is 0 Å². The van der Waals surface area contributed by atoms with Gasteiger partial charge in [-0.1, -0.05) is 25.1 Å². The van der Waals surface area contributed by atoms with Crippen molar-refractivity contribution < 1.29 is 9.53 Å². The lowest BCUT2D eigenvalue weighted by atomic mass is 9.99. The van der Waals surface area contributed by atoms with Gasteiger partial charge in [-0.2, -0.15) is 0 Å². The topological polar surface area (TPSA) is 54.5 Å². The Labute approximate surface area is 154 Å². The van der Waals surface area contributed by atoms with Gasteiger partial charge in [0.15, 0.2) is 0 Å². The summed E-state index contributed by atoms with van der Waals surface area (Å²) in [5.41, 5.74) is 4.16. The summed E-state index contributed by atoms with van der Waals surface area (Å²) >= 11 is 0. The lowest BCUT2D eigenvalue weighted by Crippen LogP contribution is -2.33. The minimum atomic E-state index is -0.0898. The molecular formula is C21H25N3O2. The third-order valence-corrected chi connectivity index (χ3v) is 5.36. The Morgan fingerprint density at radius 2 is 2.00 bits per heavy atom. The fourth-order valence-corrected chi connectivity index (χ4v) is 3.56. The molecule has 0 saturated carbocycles. The van der Waals surface area contributed by atoms with E-state index in [1.54, 1.807) is 6.20 Å². The highest BCUT2D eigenvalue weighted by molar-refractivity contribution is 5.94. The molecule has 136 valence electrons. The third kappa shape index (κ3) is 3.73. The summed E-state index contributed by atoms with van der Waals surface area (Å²) in [6, 6.07) is 10.1.